The van der Waals surface area contributed by atoms with Gasteiger partial charge in [0.1, 0.15) is 12.4 Å². The molecule has 1 aliphatic carbocycles. The van der Waals surface area contributed by atoms with Gasteiger partial charge in [0.2, 0.25) is 5.88 Å². The molecule has 41 heavy (non-hydrogen) atoms. The van der Waals surface area contributed by atoms with E-state index in [4.69, 9.17) is 19.9 Å². The molecule has 2 aliphatic rings. The van der Waals surface area contributed by atoms with Crippen molar-refractivity contribution in [1.82, 2.24) is 20.1 Å². The van der Waals surface area contributed by atoms with Crippen molar-refractivity contribution in [2.45, 2.75) is 83.1 Å². The number of hydrogen-bond donors (Lipinski definition) is 2. The van der Waals surface area contributed by atoms with Crippen molar-refractivity contribution in [3.8, 4) is 22.8 Å². The summed E-state index contributed by atoms with van der Waals surface area (Å²) in [5.41, 5.74) is 7.39. The van der Waals surface area contributed by atoms with Crippen LogP contribution in [0.15, 0.2) is 30.7 Å². The molecule has 5 rings (SSSR count). The number of fused-ring (bicyclic) bond motifs is 1. The van der Waals surface area contributed by atoms with Crippen molar-refractivity contribution in [1.29, 1.82) is 0 Å². The first-order valence-electron chi connectivity index (χ1n) is 14.0. The molecule has 220 valence electrons. The van der Waals surface area contributed by atoms with Crippen LogP contribution in [0.1, 0.15) is 69.3 Å². The molecule has 0 radical (unpaired) electrons. The molecular weight excluding hydrogens is 536 g/mol. The standard InChI is InChI=1S/C29H35F2N5O5/c1-4-39-20-7-5-19(6-8-20)36-14-17(12-34-36)24-13-33-27(40-15-18-11-29(30,31)28(38)35-18)22-10-25(41-16(2)3)23(26(32)37)9-21(22)24/h9-10,12-14,16,18-20H,4-8,11,15H2,1-3H3,(H2,32,37)(H,35,38)/t18-,19-,20-/m0/s1. The summed E-state index contributed by atoms with van der Waals surface area (Å²) in [6, 6.07) is 2.63. The van der Waals surface area contributed by atoms with Crippen LogP contribution in [0.5, 0.6) is 11.6 Å². The highest BCUT2D eigenvalue weighted by atomic mass is 19.3. The third kappa shape index (κ3) is 6.12. The number of pyridine rings is 1. The van der Waals surface area contributed by atoms with Gasteiger partial charge in [0.15, 0.2) is 0 Å². The number of carbonyl (C=O) groups excluding carboxylic acids is 2. The number of ether oxygens (including phenoxy) is 3. The molecular formula is C29H35F2N5O5. The summed E-state index contributed by atoms with van der Waals surface area (Å²) in [6.45, 7) is 6.15. The first-order valence-corrected chi connectivity index (χ1v) is 14.0. The fourth-order valence-corrected chi connectivity index (χ4v) is 5.54. The van der Waals surface area contributed by atoms with E-state index in [1.54, 1.807) is 24.5 Å². The number of halogens is 2. The van der Waals surface area contributed by atoms with E-state index < -0.39 is 30.2 Å². The first kappa shape index (κ1) is 28.7. The van der Waals surface area contributed by atoms with Gasteiger partial charge in [0.05, 0.1) is 36.1 Å². The average Bonchev–Trinajstić information content (AvgIpc) is 3.51. The molecule has 2 amide bonds. The monoisotopic (exact) mass is 571 g/mol. The van der Waals surface area contributed by atoms with Crippen molar-refractivity contribution >= 4 is 22.6 Å². The van der Waals surface area contributed by atoms with Crippen LogP contribution >= 0.6 is 0 Å². The molecule has 1 atom stereocenters. The van der Waals surface area contributed by atoms with Gasteiger partial charge in [0, 0.05) is 41.9 Å². The number of nitrogens with one attached hydrogen (secondary N) is 1. The van der Waals surface area contributed by atoms with Crippen molar-refractivity contribution in [3.05, 3.63) is 36.3 Å². The molecule has 2 fully saturated rings. The van der Waals surface area contributed by atoms with Crippen molar-refractivity contribution in [3.63, 3.8) is 0 Å². The largest absolute Gasteiger partial charge is 0.490 e. The number of hydrogen-bond acceptors (Lipinski definition) is 7. The normalized spacial score (nSPS) is 22.2. The predicted molar refractivity (Wildman–Crippen MR) is 147 cm³/mol. The van der Waals surface area contributed by atoms with Crippen LogP contribution in [-0.2, 0) is 9.53 Å². The quantitative estimate of drug-likeness (QED) is 0.369. The van der Waals surface area contributed by atoms with Gasteiger partial charge in [-0.05, 0) is 64.0 Å². The van der Waals surface area contributed by atoms with Gasteiger partial charge in [-0.15, -0.1) is 0 Å². The average molecular weight is 572 g/mol. The molecule has 0 bridgehead atoms. The molecule has 0 spiro atoms. The van der Waals surface area contributed by atoms with E-state index >= 15 is 0 Å². The van der Waals surface area contributed by atoms with E-state index in [1.165, 1.54) is 0 Å². The molecule has 3 aromatic rings. The lowest BCUT2D eigenvalue weighted by Crippen LogP contribution is -2.33. The zero-order chi connectivity index (χ0) is 29.3. The fourth-order valence-electron chi connectivity index (χ4n) is 5.54. The van der Waals surface area contributed by atoms with Crippen molar-refractivity contribution in [2.24, 2.45) is 5.73 Å². The number of rotatable bonds is 10. The van der Waals surface area contributed by atoms with Crippen LogP contribution in [0.4, 0.5) is 8.78 Å². The number of aromatic nitrogens is 3. The van der Waals surface area contributed by atoms with E-state index in [-0.39, 0.29) is 42.0 Å². The third-order valence-electron chi connectivity index (χ3n) is 7.50. The summed E-state index contributed by atoms with van der Waals surface area (Å²) in [5.74, 6) is -5.01. The minimum Gasteiger partial charge on any atom is -0.490 e. The van der Waals surface area contributed by atoms with E-state index in [1.807, 2.05) is 31.6 Å². The molecule has 1 aromatic carbocycles. The Morgan fingerprint density at radius 3 is 2.59 bits per heavy atom. The van der Waals surface area contributed by atoms with Gasteiger partial charge in [-0.25, -0.2) is 4.98 Å². The summed E-state index contributed by atoms with van der Waals surface area (Å²) in [6.07, 6.45) is 8.53. The maximum Gasteiger partial charge on any atom is 0.326 e. The van der Waals surface area contributed by atoms with Crippen molar-refractivity contribution < 1.29 is 32.6 Å². The first-order chi connectivity index (χ1) is 19.6. The number of amides is 2. The highest BCUT2D eigenvalue weighted by Gasteiger charge is 2.48. The lowest BCUT2D eigenvalue weighted by atomic mass is 9.93. The number of carbonyl (C=O) groups is 2. The SMILES string of the molecule is CCO[C@H]1CC[C@H](n2cc(-c3cnc(OC[C@@H]4CC(F)(F)C(=O)N4)c4cc(OC(C)C)c(C(N)=O)cc34)cn2)CC1. The van der Waals surface area contributed by atoms with Crippen LogP contribution in [-0.4, -0.2) is 64.0 Å². The maximum absolute atomic E-state index is 13.7. The summed E-state index contributed by atoms with van der Waals surface area (Å²) in [7, 11) is 0. The zero-order valence-corrected chi connectivity index (χ0v) is 23.4. The van der Waals surface area contributed by atoms with Crippen LogP contribution in [0.25, 0.3) is 21.9 Å². The van der Waals surface area contributed by atoms with Crippen LogP contribution < -0.4 is 20.5 Å². The highest BCUT2D eigenvalue weighted by molar-refractivity contribution is 6.06. The molecule has 3 heterocycles. The highest BCUT2D eigenvalue weighted by Crippen LogP contribution is 2.39. The Morgan fingerprint density at radius 2 is 1.95 bits per heavy atom. The molecule has 3 N–H and O–H groups in total. The zero-order valence-electron chi connectivity index (χ0n) is 23.4. The van der Waals surface area contributed by atoms with Crippen molar-refractivity contribution in [2.75, 3.05) is 13.2 Å². The summed E-state index contributed by atoms with van der Waals surface area (Å²) in [5, 5.41) is 8.00. The minimum atomic E-state index is -3.44. The van der Waals surface area contributed by atoms with E-state index in [2.05, 4.69) is 15.4 Å². The second-order valence-corrected chi connectivity index (χ2v) is 10.9. The van der Waals surface area contributed by atoms with Gasteiger partial charge in [-0.1, -0.05) is 0 Å². The number of primary amides is 1. The Labute approximate surface area is 236 Å². The summed E-state index contributed by atoms with van der Waals surface area (Å²) < 4.78 is 46.9. The number of nitrogens with two attached hydrogens (primary N) is 1. The molecule has 0 unspecified atom stereocenters. The van der Waals surface area contributed by atoms with Gasteiger partial charge in [0.25, 0.3) is 11.8 Å². The molecule has 10 nitrogen and oxygen atoms in total. The topological polar surface area (TPSA) is 131 Å². The maximum atomic E-state index is 13.7. The number of benzene rings is 1. The second kappa shape index (κ2) is 11.6. The third-order valence-corrected chi connectivity index (χ3v) is 7.50. The molecule has 12 heteroatoms. The predicted octanol–water partition coefficient (Wildman–Crippen LogP) is 4.41. The van der Waals surface area contributed by atoms with Gasteiger partial charge in [-0.3, -0.25) is 14.3 Å². The van der Waals surface area contributed by atoms with E-state index in [0.29, 0.717) is 22.9 Å². The minimum absolute atomic E-state index is 0.152. The molecule has 1 saturated heterocycles. The van der Waals surface area contributed by atoms with Gasteiger partial charge in [-0.2, -0.15) is 13.9 Å². The number of nitrogens with zero attached hydrogens (tertiary/aromatic N) is 3. The number of alkyl halides is 2. The van der Waals surface area contributed by atoms with E-state index in [0.717, 1.165) is 31.2 Å². The summed E-state index contributed by atoms with van der Waals surface area (Å²) in [4.78, 5) is 28.4. The Morgan fingerprint density at radius 1 is 1.20 bits per heavy atom. The fraction of sp³-hybridized carbons (Fsp3) is 0.517. The van der Waals surface area contributed by atoms with Crippen LogP contribution in [0.3, 0.4) is 0 Å². The Balaban J connectivity index is 1.49. The Hall–Kier alpha value is -3.80. The van der Waals surface area contributed by atoms with E-state index in [9.17, 15) is 18.4 Å². The Bertz CT molecular complexity index is 1430. The second-order valence-electron chi connectivity index (χ2n) is 10.9. The van der Waals surface area contributed by atoms with Crippen LogP contribution in [0, 0.1) is 0 Å². The summed E-state index contributed by atoms with van der Waals surface area (Å²) >= 11 is 0. The Kier molecular flexibility index (Phi) is 8.12. The molecule has 1 aliphatic heterocycles. The molecule has 2 aromatic heterocycles. The van der Waals surface area contributed by atoms with Gasteiger partial charge < -0.3 is 25.3 Å². The van der Waals surface area contributed by atoms with Gasteiger partial charge >= 0.3 is 5.92 Å². The lowest BCUT2D eigenvalue weighted by molar-refractivity contribution is -0.139. The molecule has 1 saturated carbocycles. The van der Waals surface area contributed by atoms with Crippen LogP contribution in [0.2, 0.25) is 0 Å². The lowest BCUT2D eigenvalue weighted by Gasteiger charge is -2.28. The smallest absolute Gasteiger partial charge is 0.326 e.